The second-order valence-corrected chi connectivity index (χ2v) is 15.3. The predicted molar refractivity (Wildman–Crippen MR) is 152 cm³/mol. The quantitative estimate of drug-likeness (QED) is 0.530. The number of nitrogens with zero attached hydrogens (tertiary/aromatic N) is 4. The first-order chi connectivity index (χ1) is 19.1. The van der Waals surface area contributed by atoms with Gasteiger partial charge >= 0.3 is 0 Å². The third-order valence-electron chi connectivity index (χ3n) is 13.4. The van der Waals surface area contributed by atoms with Crippen LogP contribution in [0.5, 0.6) is 0 Å². The Kier molecular flexibility index (Phi) is 6.55. The Morgan fingerprint density at radius 1 is 0.744 bits per heavy atom. The van der Waals surface area contributed by atoms with Crippen LogP contribution < -0.4 is 0 Å². The Hall–Kier alpha value is -1.14. The topological polar surface area (TPSA) is 47.1 Å². The Balaban J connectivity index is 0.991. The van der Waals surface area contributed by atoms with Crippen molar-refractivity contribution in [3.63, 3.8) is 0 Å². The number of hydrogen-bond acceptors (Lipinski definition) is 4. The van der Waals surface area contributed by atoms with E-state index in [4.69, 9.17) is 0 Å². The van der Waals surface area contributed by atoms with Crippen molar-refractivity contribution >= 4 is 11.8 Å². The second-order valence-electron chi connectivity index (χ2n) is 15.3. The number of hydrogen-bond donors (Lipinski definition) is 0. The summed E-state index contributed by atoms with van der Waals surface area (Å²) < 4.78 is 0. The summed E-state index contributed by atoms with van der Waals surface area (Å²) >= 11 is 0. The van der Waals surface area contributed by atoms with Crippen LogP contribution in [0.3, 0.4) is 0 Å². The molecule has 0 aliphatic carbocycles. The van der Waals surface area contributed by atoms with E-state index in [1.54, 1.807) is 0 Å². The molecule has 39 heavy (non-hydrogen) atoms. The molecule has 0 aromatic rings. The number of amides is 2. The van der Waals surface area contributed by atoms with Gasteiger partial charge in [0.05, 0.1) is 0 Å². The summed E-state index contributed by atoms with van der Waals surface area (Å²) in [4.78, 5) is 36.7. The average molecular weight is 537 g/mol. The first kappa shape index (κ1) is 25.6. The van der Waals surface area contributed by atoms with Crippen LogP contribution in [-0.2, 0) is 9.59 Å². The molecular weight excluding hydrogens is 484 g/mol. The van der Waals surface area contributed by atoms with Gasteiger partial charge in [-0.3, -0.25) is 19.4 Å². The fraction of sp³-hybridized carbons (Fsp3) is 0.939. The predicted octanol–water partition coefficient (Wildman–Crippen LogP) is 4.52. The highest BCUT2D eigenvalue weighted by molar-refractivity contribution is 5.78. The van der Waals surface area contributed by atoms with Crippen LogP contribution in [0.1, 0.15) is 103 Å². The fourth-order valence-electron chi connectivity index (χ4n) is 12.2. The van der Waals surface area contributed by atoms with Crippen molar-refractivity contribution < 1.29 is 9.59 Å². The molecule has 0 saturated carbocycles. The molecule has 0 aromatic heterocycles. The van der Waals surface area contributed by atoms with Crippen LogP contribution in [0, 0.1) is 29.1 Å². The largest absolute Gasteiger partial charge is 0.339 e. The summed E-state index contributed by atoms with van der Waals surface area (Å²) in [6.07, 6.45) is 19.6. The number of piperidine rings is 8. The fourth-order valence-corrected chi connectivity index (χ4v) is 12.2. The third kappa shape index (κ3) is 4.15. The first-order valence-corrected chi connectivity index (χ1v) is 17.2. The number of carbonyl (C=O) groups is 2. The Bertz CT molecular complexity index is 969. The highest BCUT2D eigenvalue weighted by Crippen LogP contribution is 2.54. The minimum atomic E-state index is 0.331. The van der Waals surface area contributed by atoms with Gasteiger partial charge in [0.1, 0.15) is 0 Å². The summed E-state index contributed by atoms with van der Waals surface area (Å²) in [7, 11) is 0. The highest BCUT2D eigenvalue weighted by Gasteiger charge is 2.58. The summed E-state index contributed by atoms with van der Waals surface area (Å²) in [5.74, 6) is 3.85. The molecule has 8 aliphatic rings. The van der Waals surface area contributed by atoms with Gasteiger partial charge in [0.2, 0.25) is 11.8 Å². The van der Waals surface area contributed by atoms with E-state index < -0.39 is 0 Å². The molecule has 2 amide bonds. The molecule has 8 fully saturated rings. The number of rotatable bonds is 4. The van der Waals surface area contributed by atoms with E-state index in [9.17, 15) is 9.59 Å². The molecule has 216 valence electrons. The van der Waals surface area contributed by atoms with Crippen molar-refractivity contribution in [1.82, 2.24) is 19.6 Å². The third-order valence-corrected chi connectivity index (χ3v) is 13.4. The zero-order valence-corrected chi connectivity index (χ0v) is 24.3. The van der Waals surface area contributed by atoms with Crippen molar-refractivity contribution in [2.24, 2.45) is 29.1 Å². The zero-order chi connectivity index (χ0) is 26.1. The van der Waals surface area contributed by atoms with Crippen LogP contribution in [0.15, 0.2) is 0 Å². The van der Waals surface area contributed by atoms with Gasteiger partial charge in [0, 0.05) is 62.1 Å². The van der Waals surface area contributed by atoms with Crippen molar-refractivity contribution in [1.29, 1.82) is 0 Å². The van der Waals surface area contributed by atoms with E-state index >= 15 is 0 Å². The Morgan fingerprint density at radius 2 is 1.49 bits per heavy atom. The van der Waals surface area contributed by atoms with Gasteiger partial charge < -0.3 is 9.80 Å². The van der Waals surface area contributed by atoms with Crippen LogP contribution >= 0.6 is 0 Å². The van der Waals surface area contributed by atoms with Crippen molar-refractivity contribution in [3.05, 3.63) is 0 Å². The molecule has 9 atom stereocenters. The maximum Gasteiger partial charge on any atom is 0.222 e. The molecule has 0 spiro atoms. The lowest BCUT2D eigenvalue weighted by molar-refractivity contribution is -0.167. The molecule has 0 aromatic carbocycles. The van der Waals surface area contributed by atoms with Gasteiger partial charge in [-0.25, -0.2) is 0 Å². The Labute approximate surface area is 236 Å². The summed E-state index contributed by atoms with van der Waals surface area (Å²) in [5.41, 5.74) is 0.331. The minimum absolute atomic E-state index is 0.331. The molecule has 0 radical (unpaired) electrons. The van der Waals surface area contributed by atoms with Crippen LogP contribution in [0.4, 0.5) is 0 Å². The van der Waals surface area contributed by atoms with E-state index in [0.717, 1.165) is 68.6 Å². The lowest BCUT2D eigenvalue weighted by Gasteiger charge is -2.64. The van der Waals surface area contributed by atoms with E-state index in [2.05, 4.69) is 19.6 Å². The van der Waals surface area contributed by atoms with E-state index in [0.29, 0.717) is 35.2 Å². The maximum absolute atomic E-state index is 13.2. The molecule has 8 aliphatic heterocycles. The molecule has 8 unspecified atom stereocenters. The molecule has 6 nitrogen and oxygen atoms in total. The van der Waals surface area contributed by atoms with Gasteiger partial charge in [-0.05, 0) is 127 Å². The summed E-state index contributed by atoms with van der Waals surface area (Å²) in [6.45, 7) is 7.27. The highest BCUT2D eigenvalue weighted by atomic mass is 16.2. The van der Waals surface area contributed by atoms with Crippen LogP contribution in [0.2, 0.25) is 0 Å². The minimum Gasteiger partial charge on any atom is -0.339 e. The number of carbonyl (C=O) groups excluding carboxylic acids is 2. The SMILES string of the molecule is O=C1CCCC2C3C[C@H](CCCC45CCCN6CCCC(C7CCCC(=O)N7C4)C65)CN4CCCC(CN12)C34. The smallest absolute Gasteiger partial charge is 0.222 e. The second kappa shape index (κ2) is 10.00. The van der Waals surface area contributed by atoms with Gasteiger partial charge in [-0.2, -0.15) is 0 Å². The van der Waals surface area contributed by atoms with E-state index in [-0.39, 0.29) is 0 Å². The van der Waals surface area contributed by atoms with Gasteiger partial charge in [0.25, 0.3) is 0 Å². The van der Waals surface area contributed by atoms with Gasteiger partial charge in [-0.15, -0.1) is 0 Å². The van der Waals surface area contributed by atoms with Crippen molar-refractivity contribution in [3.8, 4) is 0 Å². The summed E-state index contributed by atoms with van der Waals surface area (Å²) in [6, 6.07) is 2.52. The van der Waals surface area contributed by atoms with Gasteiger partial charge in [0.15, 0.2) is 0 Å². The Morgan fingerprint density at radius 3 is 2.36 bits per heavy atom. The van der Waals surface area contributed by atoms with Crippen molar-refractivity contribution in [2.75, 3.05) is 39.3 Å². The van der Waals surface area contributed by atoms with Crippen molar-refractivity contribution in [2.45, 2.75) is 127 Å². The van der Waals surface area contributed by atoms with Gasteiger partial charge in [-0.1, -0.05) is 6.42 Å². The van der Waals surface area contributed by atoms with E-state index in [1.165, 1.54) is 103 Å². The molecule has 6 heteroatoms. The van der Waals surface area contributed by atoms with Crippen LogP contribution in [0.25, 0.3) is 0 Å². The molecule has 0 bridgehead atoms. The molecule has 0 N–H and O–H groups in total. The summed E-state index contributed by atoms with van der Waals surface area (Å²) in [5, 5.41) is 0. The standard InChI is InChI=1S/C33H52N4O2/c38-29-12-2-11-28-26-19-23(20-35-17-4-8-24(31(26)35)21-36(28)29)7-3-14-33-15-6-18-34-16-5-9-25(32(33)34)27-10-1-13-30(39)37(27)22-33/h23-28,31-32H,1-22H2/t23-,24?,25?,26?,27?,28?,31?,32?,33?/m0/s1. The molecule has 8 saturated heterocycles. The molecular formula is C33H52N4O2. The molecule has 8 rings (SSSR count). The average Bonchev–Trinajstić information content (AvgIpc) is 2.95. The zero-order valence-electron chi connectivity index (χ0n) is 24.3. The lowest BCUT2D eigenvalue weighted by atomic mass is 9.58. The maximum atomic E-state index is 13.2. The van der Waals surface area contributed by atoms with Crippen LogP contribution in [-0.4, -0.2) is 94.8 Å². The lowest BCUT2D eigenvalue weighted by Crippen LogP contribution is -2.71. The van der Waals surface area contributed by atoms with E-state index in [1.807, 2.05) is 0 Å². The molecule has 8 heterocycles. The first-order valence-electron chi connectivity index (χ1n) is 17.2. The normalized spacial score (nSPS) is 46.3. The number of fused-ring (bicyclic) bond motifs is 4. The monoisotopic (exact) mass is 536 g/mol.